The highest BCUT2D eigenvalue weighted by Gasteiger charge is 2.20. The van der Waals surface area contributed by atoms with Gasteiger partial charge in [-0.05, 0) is 41.1 Å². The topological polar surface area (TPSA) is 69.6 Å². The van der Waals surface area contributed by atoms with Crippen molar-refractivity contribution in [1.82, 2.24) is 19.7 Å². The molecule has 0 aliphatic heterocycles. The van der Waals surface area contributed by atoms with Gasteiger partial charge in [0.05, 0.1) is 11.3 Å². The molecule has 0 amide bonds. The van der Waals surface area contributed by atoms with Crippen LogP contribution in [0.25, 0.3) is 17.1 Å². The summed E-state index contributed by atoms with van der Waals surface area (Å²) in [6.45, 7) is 1.64. The van der Waals surface area contributed by atoms with Crippen molar-refractivity contribution >= 4 is 21.7 Å². The van der Waals surface area contributed by atoms with Gasteiger partial charge in [0.15, 0.2) is 17.5 Å². The minimum absolute atomic E-state index is 0.0110. The van der Waals surface area contributed by atoms with E-state index in [2.05, 4.69) is 31.1 Å². The largest absolute Gasteiger partial charge is 0.383 e. The van der Waals surface area contributed by atoms with E-state index in [1.807, 2.05) is 0 Å². The molecule has 0 fully saturated rings. The van der Waals surface area contributed by atoms with E-state index >= 15 is 0 Å². The van der Waals surface area contributed by atoms with Gasteiger partial charge >= 0.3 is 0 Å². The minimum atomic E-state index is -0.979. The monoisotopic (exact) mass is 365 g/mol. The lowest BCUT2D eigenvalue weighted by Crippen LogP contribution is -2.06. The van der Waals surface area contributed by atoms with Crippen LogP contribution >= 0.6 is 15.9 Å². The van der Waals surface area contributed by atoms with E-state index in [9.17, 15) is 8.78 Å². The molecule has 0 radical (unpaired) electrons. The number of anilines is 1. The molecular formula is C14H10BrF2N5. The number of rotatable bonds is 2. The first-order valence-corrected chi connectivity index (χ1v) is 7.06. The predicted molar refractivity (Wildman–Crippen MR) is 81.4 cm³/mol. The number of nitrogens with zero attached hydrogens (tertiary/aromatic N) is 4. The number of hydrogen-bond donors (Lipinski definition) is 1. The number of aryl methyl sites for hydroxylation is 1. The smallest absolute Gasteiger partial charge is 0.182 e. The second-order valence-corrected chi connectivity index (χ2v) is 5.48. The fourth-order valence-electron chi connectivity index (χ4n) is 2.12. The Bertz CT molecular complexity index is 862. The van der Waals surface area contributed by atoms with E-state index in [1.54, 1.807) is 13.0 Å². The summed E-state index contributed by atoms with van der Waals surface area (Å²) in [5, 5.41) is 7.95. The summed E-state index contributed by atoms with van der Waals surface area (Å²) in [5.41, 5.74) is 6.35. The number of pyridine rings is 1. The molecule has 0 saturated carbocycles. The van der Waals surface area contributed by atoms with Gasteiger partial charge in [-0.2, -0.15) is 0 Å². The average Bonchev–Trinajstić information content (AvgIpc) is 2.86. The Balaban J connectivity index is 2.29. The zero-order valence-corrected chi connectivity index (χ0v) is 13.0. The Kier molecular flexibility index (Phi) is 3.61. The second kappa shape index (κ2) is 5.45. The molecule has 0 unspecified atom stereocenters. The van der Waals surface area contributed by atoms with Gasteiger partial charge in [-0.15, -0.1) is 10.2 Å². The quantitative estimate of drug-likeness (QED) is 0.756. The van der Waals surface area contributed by atoms with Gasteiger partial charge in [0, 0.05) is 10.7 Å². The van der Waals surface area contributed by atoms with Crippen molar-refractivity contribution in [3.05, 3.63) is 52.4 Å². The van der Waals surface area contributed by atoms with Crippen LogP contribution in [0.4, 0.5) is 14.6 Å². The van der Waals surface area contributed by atoms with Crippen molar-refractivity contribution in [2.45, 2.75) is 6.92 Å². The van der Waals surface area contributed by atoms with E-state index in [1.165, 1.54) is 22.9 Å². The molecule has 3 rings (SSSR count). The summed E-state index contributed by atoms with van der Waals surface area (Å²) in [7, 11) is 0. The maximum Gasteiger partial charge on any atom is 0.182 e. The van der Waals surface area contributed by atoms with Gasteiger partial charge in [0.1, 0.15) is 11.6 Å². The molecule has 0 saturated heterocycles. The van der Waals surface area contributed by atoms with E-state index in [0.717, 1.165) is 6.07 Å². The molecule has 0 bridgehead atoms. The van der Waals surface area contributed by atoms with Crippen molar-refractivity contribution in [3.8, 4) is 17.1 Å². The van der Waals surface area contributed by atoms with Crippen LogP contribution in [0.3, 0.4) is 0 Å². The highest BCUT2D eigenvalue weighted by atomic mass is 79.9. The molecular weight excluding hydrogens is 356 g/mol. The average molecular weight is 366 g/mol. The molecule has 8 heteroatoms. The van der Waals surface area contributed by atoms with Gasteiger partial charge in [0.2, 0.25) is 0 Å². The first-order chi connectivity index (χ1) is 10.5. The molecule has 2 heterocycles. The van der Waals surface area contributed by atoms with Crippen molar-refractivity contribution in [1.29, 1.82) is 0 Å². The van der Waals surface area contributed by atoms with Gasteiger partial charge < -0.3 is 5.73 Å². The second-order valence-electron chi connectivity index (χ2n) is 4.57. The molecule has 3 aromatic rings. The van der Waals surface area contributed by atoms with Crippen LogP contribution in [-0.4, -0.2) is 19.7 Å². The third-order valence-electron chi connectivity index (χ3n) is 3.12. The van der Waals surface area contributed by atoms with Crippen LogP contribution < -0.4 is 5.73 Å². The number of nitrogens with two attached hydrogens (primary N) is 1. The fourth-order valence-corrected chi connectivity index (χ4v) is 2.45. The van der Waals surface area contributed by atoms with Gasteiger partial charge in [0.25, 0.3) is 0 Å². The Morgan fingerprint density at radius 3 is 2.77 bits per heavy atom. The van der Waals surface area contributed by atoms with E-state index in [4.69, 9.17) is 5.73 Å². The van der Waals surface area contributed by atoms with E-state index in [0.29, 0.717) is 15.9 Å². The summed E-state index contributed by atoms with van der Waals surface area (Å²) in [6, 6.07) is 5.60. The Hall–Kier alpha value is -2.35. The minimum Gasteiger partial charge on any atom is -0.383 e. The molecule has 0 aliphatic rings. The molecule has 1 aromatic carbocycles. The SMILES string of the molecule is Cc1nnc(-c2cc(Br)cnc2N)n1-c1cccc(F)c1F. The van der Waals surface area contributed by atoms with Gasteiger partial charge in [-0.25, -0.2) is 13.8 Å². The Morgan fingerprint density at radius 2 is 2.00 bits per heavy atom. The highest BCUT2D eigenvalue weighted by Crippen LogP contribution is 2.29. The Labute approximate surface area is 132 Å². The number of nitrogen functional groups attached to an aromatic ring is 1. The van der Waals surface area contributed by atoms with E-state index in [-0.39, 0.29) is 17.3 Å². The fraction of sp³-hybridized carbons (Fsp3) is 0.0714. The summed E-state index contributed by atoms with van der Waals surface area (Å²) < 4.78 is 29.7. The number of benzene rings is 1. The number of aromatic nitrogens is 4. The summed E-state index contributed by atoms with van der Waals surface area (Å²) in [5.74, 6) is -1.02. The van der Waals surface area contributed by atoms with Crippen LogP contribution in [0.15, 0.2) is 34.9 Å². The normalized spacial score (nSPS) is 10.9. The zero-order chi connectivity index (χ0) is 15.9. The Morgan fingerprint density at radius 1 is 1.23 bits per heavy atom. The molecule has 22 heavy (non-hydrogen) atoms. The number of hydrogen-bond acceptors (Lipinski definition) is 4. The van der Waals surface area contributed by atoms with Crippen LogP contribution in [0, 0.1) is 18.6 Å². The van der Waals surface area contributed by atoms with Gasteiger partial charge in [-0.1, -0.05) is 6.07 Å². The molecule has 112 valence electrons. The van der Waals surface area contributed by atoms with Crippen molar-refractivity contribution in [2.75, 3.05) is 5.73 Å². The van der Waals surface area contributed by atoms with Crippen LogP contribution in [0.1, 0.15) is 5.82 Å². The zero-order valence-electron chi connectivity index (χ0n) is 11.4. The molecule has 0 atom stereocenters. The lowest BCUT2D eigenvalue weighted by Gasteiger charge is -2.11. The summed E-state index contributed by atoms with van der Waals surface area (Å²) >= 11 is 3.30. The van der Waals surface area contributed by atoms with Crippen molar-refractivity contribution in [3.63, 3.8) is 0 Å². The third kappa shape index (κ3) is 2.35. The highest BCUT2D eigenvalue weighted by molar-refractivity contribution is 9.10. The van der Waals surface area contributed by atoms with E-state index < -0.39 is 11.6 Å². The van der Waals surface area contributed by atoms with Gasteiger partial charge in [-0.3, -0.25) is 4.57 Å². The predicted octanol–water partition coefficient (Wildman–Crippen LogP) is 3.26. The molecule has 5 nitrogen and oxygen atoms in total. The maximum atomic E-state index is 14.1. The summed E-state index contributed by atoms with van der Waals surface area (Å²) in [4.78, 5) is 4.02. The standard InChI is InChI=1S/C14H10BrF2N5/c1-7-20-21-14(9-5-8(15)6-19-13(9)18)22(7)11-4-2-3-10(16)12(11)17/h2-6H,1H3,(H2,18,19). The third-order valence-corrected chi connectivity index (χ3v) is 3.56. The maximum absolute atomic E-state index is 14.1. The van der Waals surface area contributed by atoms with Crippen molar-refractivity contribution < 1.29 is 8.78 Å². The molecule has 2 N–H and O–H groups in total. The molecule has 0 aliphatic carbocycles. The van der Waals surface area contributed by atoms with Crippen molar-refractivity contribution in [2.24, 2.45) is 0 Å². The van der Waals surface area contributed by atoms with Crippen LogP contribution in [-0.2, 0) is 0 Å². The first kappa shape index (κ1) is 14.6. The lowest BCUT2D eigenvalue weighted by molar-refractivity contribution is 0.504. The molecule has 2 aromatic heterocycles. The first-order valence-electron chi connectivity index (χ1n) is 6.27. The summed E-state index contributed by atoms with van der Waals surface area (Å²) in [6.07, 6.45) is 1.54. The number of halogens is 3. The molecule has 0 spiro atoms. The van der Waals surface area contributed by atoms with Crippen LogP contribution in [0.5, 0.6) is 0 Å². The lowest BCUT2D eigenvalue weighted by atomic mass is 10.2. The van der Waals surface area contributed by atoms with Crippen LogP contribution in [0.2, 0.25) is 0 Å².